The van der Waals surface area contributed by atoms with Crippen LogP contribution in [0.5, 0.6) is 0 Å². The van der Waals surface area contributed by atoms with Crippen molar-refractivity contribution in [2.45, 2.75) is 67.9 Å². The van der Waals surface area contributed by atoms with E-state index in [1.165, 1.54) is 17.5 Å². The molecule has 2 aromatic rings. The van der Waals surface area contributed by atoms with Gasteiger partial charge < -0.3 is 9.47 Å². The normalized spacial score (nSPS) is 10.0. The lowest BCUT2D eigenvalue weighted by atomic mass is 9.93. The minimum atomic E-state index is 0.372. The summed E-state index contributed by atoms with van der Waals surface area (Å²) in [5, 5.41) is 0. The molecule has 2 nitrogen and oxygen atoms in total. The van der Waals surface area contributed by atoms with Gasteiger partial charge in [0.2, 0.25) is 0 Å². The highest BCUT2D eigenvalue weighted by molar-refractivity contribution is 5.15. The maximum atomic E-state index is 5.60. The van der Waals surface area contributed by atoms with Crippen molar-refractivity contribution in [1.82, 2.24) is 0 Å². The van der Waals surface area contributed by atoms with Crippen LogP contribution in [-0.4, -0.2) is 20.8 Å². The molecule has 0 bridgehead atoms. The molecule has 0 atom stereocenters. The molecule has 2 rings (SSSR count). The van der Waals surface area contributed by atoms with Crippen molar-refractivity contribution in [1.29, 1.82) is 0 Å². The molecule has 0 saturated heterocycles. The summed E-state index contributed by atoms with van der Waals surface area (Å²) in [6.07, 6.45) is 2.31. The number of hydrogen-bond acceptors (Lipinski definition) is 2. The summed E-state index contributed by atoms with van der Waals surface area (Å²) in [6, 6.07) is 20.9. The van der Waals surface area contributed by atoms with E-state index in [2.05, 4.69) is 81.8 Å². The smallest absolute Gasteiger partial charge is 0.0716 e. The van der Waals surface area contributed by atoms with E-state index in [4.69, 9.17) is 4.74 Å². The molecule has 0 unspecified atom stereocenters. The number of benzene rings is 2. The molecule has 0 amide bonds. The Morgan fingerprint density at radius 2 is 1.17 bits per heavy atom. The lowest BCUT2D eigenvalue weighted by Crippen LogP contribution is -2.09. The first-order chi connectivity index (χ1) is 13.8. The second-order valence-electron chi connectivity index (χ2n) is 8.34. The Bertz CT molecular complexity index is 542. The van der Waals surface area contributed by atoms with E-state index in [0.29, 0.717) is 5.41 Å². The lowest BCUT2D eigenvalue weighted by molar-refractivity contribution is 0.0962. The highest BCUT2D eigenvalue weighted by atomic mass is 16.5. The predicted molar refractivity (Wildman–Crippen MR) is 129 cm³/mol. The van der Waals surface area contributed by atoms with Crippen LogP contribution in [0.25, 0.3) is 0 Å². The van der Waals surface area contributed by atoms with Gasteiger partial charge in [-0.2, -0.15) is 0 Å². The van der Waals surface area contributed by atoms with Crippen LogP contribution in [0.4, 0.5) is 0 Å². The quantitative estimate of drug-likeness (QED) is 0.459. The molecule has 2 aromatic carbocycles. The van der Waals surface area contributed by atoms with Crippen molar-refractivity contribution < 1.29 is 9.47 Å². The van der Waals surface area contributed by atoms with E-state index in [9.17, 15) is 0 Å². The van der Waals surface area contributed by atoms with Crippen LogP contribution in [0, 0.1) is 11.3 Å². The second-order valence-corrected chi connectivity index (χ2v) is 8.34. The Labute approximate surface area is 181 Å². The molecule has 166 valence electrons. The molecule has 0 N–H and O–H groups in total. The summed E-state index contributed by atoms with van der Waals surface area (Å²) in [5.74, 6) is 0.766. The molecule has 29 heavy (non-hydrogen) atoms. The molecule has 0 aliphatic rings. The van der Waals surface area contributed by atoms with Crippen LogP contribution in [0.15, 0.2) is 60.7 Å². The van der Waals surface area contributed by atoms with Gasteiger partial charge in [-0.1, -0.05) is 109 Å². The molecule has 0 aliphatic carbocycles. The second kappa shape index (κ2) is 19.7. The molecule has 0 fully saturated rings. The van der Waals surface area contributed by atoms with Gasteiger partial charge in [-0.05, 0) is 35.3 Å². The molecule has 2 heteroatoms. The summed E-state index contributed by atoms with van der Waals surface area (Å²) in [4.78, 5) is 0. The summed E-state index contributed by atoms with van der Waals surface area (Å²) in [5.41, 5.74) is 3.07. The first kappa shape index (κ1) is 29.6. The zero-order valence-electron chi connectivity index (χ0n) is 20.5. The third kappa shape index (κ3) is 22.5. The molecule has 0 aliphatic heterocycles. The van der Waals surface area contributed by atoms with Crippen molar-refractivity contribution >= 4 is 0 Å². The van der Waals surface area contributed by atoms with Crippen LogP contribution < -0.4 is 0 Å². The largest absolute Gasteiger partial charge is 0.388 e. The van der Waals surface area contributed by atoms with E-state index in [1.807, 2.05) is 32.0 Å². The molecule has 0 heterocycles. The van der Waals surface area contributed by atoms with E-state index in [0.717, 1.165) is 25.6 Å². The fourth-order valence-corrected chi connectivity index (χ4v) is 2.23. The fraction of sp³-hybridized carbons (Fsp3) is 0.556. The van der Waals surface area contributed by atoms with Crippen molar-refractivity contribution in [2.75, 3.05) is 20.8 Å². The number of ether oxygens (including phenoxy) is 2. The Hall–Kier alpha value is -1.64. The number of methoxy groups -OCH3 is 1. The molecule has 0 aromatic heterocycles. The van der Waals surface area contributed by atoms with Gasteiger partial charge in [-0.15, -0.1) is 0 Å². The zero-order chi connectivity index (χ0) is 22.5. The standard InChI is InChI=1S/C13H20O.C10H14.C2H6O.C2H6/c1-13(2,3)9-10-14-11-12-7-5-4-6-8-12;1-9(2)8-10-6-4-3-5-7-10;1-3-2;1-2/h4-8H,9-11H2,1-3H3;3-7,9H,8H2,1-2H3;1-2H3;1-2H3. The third-order valence-corrected chi connectivity index (χ3v) is 3.59. The average Bonchev–Trinajstić information content (AvgIpc) is 2.68. The summed E-state index contributed by atoms with van der Waals surface area (Å²) in [6.45, 7) is 16.8. The van der Waals surface area contributed by atoms with E-state index >= 15 is 0 Å². The van der Waals surface area contributed by atoms with Gasteiger partial charge in [0.15, 0.2) is 0 Å². The SMILES string of the molecule is CC.CC(C)(C)CCOCc1ccccc1.CC(C)Cc1ccccc1.COC. The highest BCUT2D eigenvalue weighted by Gasteiger charge is 2.08. The number of hydrogen-bond donors (Lipinski definition) is 0. The van der Waals surface area contributed by atoms with E-state index in [1.54, 1.807) is 14.2 Å². The topological polar surface area (TPSA) is 18.5 Å². The minimum Gasteiger partial charge on any atom is -0.388 e. The number of rotatable bonds is 6. The van der Waals surface area contributed by atoms with Crippen LogP contribution in [0.3, 0.4) is 0 Å². The molecule has 0 radical (unpaired) electrons. The molecule has 0 spiro atoms. The van der Waals surface area contributed by atoms with Gasteiger partial charge in [0.05, 0.1) is 6.61 Å². The van der Waals surface area contributed by atoms with Crippen LogP contribution >= 0.6 is 0 Å². The van der Waals surface area contributed by atoms with Gasteiger partial charge in [-0.25, -0.2) is 0 Å². The maximum absolute atomic E-state index is 5.60. The van der Waals surface area contributed by atoms with Crippen molar-refractivity contribution in [3.63, 3.8) is 0 Å². The Morgan fingerprint density at radius 3 is 1.55 bits per heavy atom. The minimum absolute atomic E-state index is 0.372. The first-order valence-corrected chi connectivity index (χ1v) is 10.8. The maximum Gasteiger partial charge on any atom is 0.0716 e. The van der Waals surface area contributed by atoms with E-state index < -0.39 is 0 Å². The molecular weight excluding hydrogens is 356 g/mol. The van der Waals surface area contributed by atoms with Gasteiger partial charge >= 0.3 is 0 Å². The van der Waals surface area contributed by atoms with Gasteiger partial charge in [0, 0.05) is 20.8 Å². The molecular formula is C27H46O2. The summed E-state index contributed by atoms with van der Waals surface area (Å²) in [7, 11) is 3.25. The van der Waals surface area contributed by atoms with Crippen LogP contribution in [0.2, 0.25) is 0 Å². The zero-order valence-corrected chi connectivity index (χ0v) is 20.5. The van der Waals surface area contributed by atoms with Crippen molar-refractivity contribution in [2.24, 2.45) is 11.3 Å². The van der Waals surface area contributed by atoms with Crippen molar-refractivity contribution in [3.8, 4) is 0 Å². The van der Waals surface area contributed by atoms with Gasteiger partial charge in [0.25, 0.3) is 0 Å². The predicted octanol–water partition coefficient (Wildman–Crippen LogP) is 7.81. The van der Waals surface area contributed by atoms with Crippen LogP contribution in [-0.2, 0) is 22.5 Å². The van der Waals surface area contributed by atoms with Gasteiger partial charge in [-0.3, -0.25) is 0 Å². The Kier molecular flexibility index (Phi) is 20.0. The average molecular weight is 403 g/mol. The summed E-state index contributed by atoms with van der Waals surface area (Å²) >= 11 is 0. The van der Waals surface area contributed by atoms with Gasteiger partial charge in [0.1, 0.15) is 0 Å². The van der Waals surface area contributed by atoms with Crippen molar-refractivity contribution in [3.05, 3.63) is 71.8 Å². The lowest BCUT2D eigenvalue weighted by Gasteiger charge is -2.17. The fourth-order valence-electron chi connectivity index (χ4n) is 2.23. The first-order valence-electron chi connectivity index (χ1n) is 10.8. The van der Waals surface area contributed by atoms with E-state index in [-0.39, 0.29) is 0 Å². The Balaban J connectivity index is 0. The summed E-state index contributed by atoms with van der Waals surface area (Å²) < 4.78 is 9.85. The monoisotopic (exact) mass is 402 g/mol. The highest BCUT2D eigenvalue weighted by Crippen LogP contribution is 2.18. The third-order valence-electron chi connectivity index (χ3n) is 3.59. The molecule has 0 saturated carbocycles. The Morgan fingerprint density at radius 1 is 0.759 bits per heavy atom. The van der Waals surface area contributed by atoms with Crippen LogP contribution in [0.1, 0.15) is 66.0 Å².